The molecule has 0 unspecified atom stereocenters. The Labute approximate surface area is 103 Å². The number of nitrogens with zero attached hydrogens (tertiary/aromatic N) is 1. The number of halogens is 2. The molecular weight excluding hydrogens is 244 g/mol. The fourth-order valence-electron chi connectivity index (χ4n) is 1.51. The minimum atomic E-state index is -2.73. The van der Waals surface area contributed by atoms with Gasteiger partial charge in [0, 0.05) is 17.8 Å². The summed E-state index contributed by atoms with van der Waals surface area (Å²) in [5.74, 6) is -0.495. The Balaban J connectivity index is 3.07. The lowest BCUT2D eigenvalue weighted by atomic mass is 10.1. The minimum Gasteiger partial charge on any atom is -0.466 e. The Hall–Kier alpha value is -1.76. The van der Waals surface area contributed by atoms with E-state index < -0.39 is 18.1 Å². The number of nitrogen functional groups attached to an aromatic ring is 1. The van der Waals surface area contributed by atoms with Crippen molar-refractivity contribution in [1.82, 2.24) is 4.98 Å². The predicted octanol–water partition coefficient (Wildman–Crippen LogP) is 1.17. The van der Waals surface area contributed by atoms with E-state index in [4.69, 9.17) is 16.2 Å². The van der Waals surface area contributed by atoms with E-state index in [-0.39, 0.29) is 31.0 Å². The zero-order chi connectivity index (χ0) is 13.7. The van der Waals surface area contributed by atoms with Crippen molar-refractivity contribution < 1.29 is 18.3 Å². The van der Waals surface area contributed by atoms with E-state index in [1.807, 2.05) is 0 Å². The quantitative estimate of drug-likeness (QED) is 0.774. The lowest BCUT2D eigenvalue weighted by Gasteiger charge is -2.12. The third-order valence-electron chi connectivity index (χ3n) is 2.31. The molecule has 4 N–H and O–H groups in total. The summed E-state index contributed by atoms with van der Waals surface area (Å²) in [6, 6.07) is 1.05. The van der Waals surface area contributed by atoms with Crippen LogP contribution in [0, 0.1) is 0 Å². The molecule has 0 aliphatic carbocycles. The van der Waals surface area contributed by atoms with Crippen molar-refractivity contribution in [1.29, 1.82) is 0 Å². The van der Waals surface area contributed by atoms with E-state index in [0.717, 1.165) is 6.07 Å². The number of carbonyl (C=O) groups excluding carboxylic acids is 1. The van der Waals surface area contributed by atoms with Gasteiger partial charge < -0.3 is 16.2 Å². The van der Waals surface area contributed by atoms with Gasteiger partial charge in [-0.3, -0.25) is 9.78 Å². The van der Waals surface area contributed by atoms with Crippen LogP contribution < -0.4 is 11.5 Å². The second-order valence-electron chi connectivity index (χ2n) is 3.55. The van der Waals surface area contributed by atoms with Crippen molar-refractivity contribution >= 4 is 11.7 Å². The second kappa shape index (κ2) is 6.25. The summed E-state index contributed by atoms with van der Waals surface area (Å²) in [4.78, 5) is 15.1. The maximum atomic E-state index is 12.5. The molecule has 0 aliphatic rings. The smallest absolute Gasteiger partial charge is 0.310 e. The topological polar surface area (TPSA) is 91.2 Å². The molecule has 0 amide bonds. The molecule has 1 aromatic rings. The number of rotatable bonds is 5. The SMILES string of the molecule is CCOC(=O)Cc1c(N)cc(C(F)F)nc1CN. The highest BCUT2D eigenvalue weighted by molar-refractivity contribution is 5.75. The Morgan fingerprint density at radius 3 is 2.72 bits per heavy atom. The first-order chi connectivity index (χ1) is 8.49. The first kappa shape index (κ1) is 14.3. The lowest BCUT2D eigenvalue weighted by molar-refractivity contribution is -0.142. The van der Waals surface area contributed by atoms with Crippen LogP contribution in [0.4, 0.5) is 14.5 Å². The van der Waals surface area contributed by atoms with E-state index in [0.29, 0.717) is 5.56 Å². The van der Waals surface area contributed by atoms with Gasteiger partial charge in [0.05, 0.1) is 18.7 Å². The molecule has 18 heavy (non-hydrogen) atoms. The number of alkyl halides is 2. The summed E-state index contributed by atoms with van der Waals surface area (Å²) in [5, 5.41) is 0. The first-order valence-electron chi connectivity index (χ1n) is 5.41. The number of ether oxygens (including phenoxy) is 1. The molecule has 100 valence electrons. The normalized spacial score (nSPS) is 10.7. The van der Waals surface area contributed by atoms with Crippen LogP contribution in [-0.4, -0.2) is 17.6 Å². The van der Waals surface area contributed by atoms with Crippen LogP contribution in [0.5, 0.6) is 0 Å². The van der Waals surface area contributed by atoms with Crippen LogP contribution in [0.2, 0.25) is 0 Å². The van der Waals surface area contributed by atoms with Gasteiger partial charge in [-0.05, 0) is 13.0 Å². The van der Waals surface area contributed by atoms with Crippen molar-refractivity contribution in [2.45, 2.75) is 26.3 Å². The summed E-state index contributed by atoms with van der Waals surface area (Å²) in [6.07, 6.45) is -2.85. The summed E-state index contributed by atoms with van der Waals surface area (Å²) in [7, 11) is 0. The predicted molar refractivity (Wildman–Crippen MR) is 61.8 cm³/mol. The van der Waals surface area contributed by atoms with E-state index >= 15 is 0 Å². The summed E-state index contributed by atoms with van der Waals surface area (Å²) in [5.41, 5.74) is 11.2. The highest BCUT2D eigenvalue weighted by Gasteiger charge is 2.17. The number of pyridine rings is 1. The van der Waals surface area contributed by atoms with Gasteiger partial charge in [0.15, 0.2) is 0 Å². The van der Waals surface area contributed by atoms with Crippen molar-refractivity contribution in [3.8, 4) is 0 Å². The van der Waals surface area contributed by atoms with E-state index in [2.05, 4.69) is 4.98 Å². The third kappa shape index (κ3) is 3.36. The molecule has 0 radical (unpaired) electrons. The maximum absolute atomic E-state index is 12.5. The standard InChI is InChI=1S/C11H15F2N3O2/c1-2-18-10(17)3-6-7(15)4-8(11(12)13)16-9(6)5-14/h4,11H,2-3,5,14H2,1H3,(H2,15,16). The van der Waals surface area contributed by atoms with Gasteiger partial charge in [-0.2, -0.15) is 0 Å². The highest BCUT2D eigenvalue weighted by atomic mass is 19.3. The molecule has 0 aliphatic heterocycles. The molecule has 1 rings (SSSR count). The lowest BCUT2D eigenvalue weighted by Crippen LogP contribution is -2.15. The van der Waals surface area contributed by atoms with Crippen LogP contribution in [-0.2, 0) is 22.5 Å². The average Bonchev–Trinajstić information content (AvgIpc) is 2.31. The second-order valence-corrected chi connectivity index (χ2v) is 3.55. The largest absolute Gasteiger partial charge is 0.466 e. The van der Waals surface area contributed by atoms with Crippen LogP contribution in [0.1, 0.15) is 30.3 Å². The molecule has 0 saturated carbocycles. The monoisotopic (exact) mass is 259 g/mol. The van der Waals surface area contributed by atoms with Crippen molar-refractivity contribution in [2.75, 3.05) is 12.3 Å². The molecule has 0 spiro atoms. The average molecular weight is 259 g/mol. The fourth-order valence-corrected chi connectivity index (χ4v) is 1.51. The van der Waals surface area contributed by atoms with Gasteiger partial charge in [0.1, 0.15) is 5.69 Å². The highest BCUT2D eigenvalue weighted by Crippen LogP contribution is 2.24. The van der Waals surface area contributed by atoms with Crippen LogP contribution in [0.25, 0.3) is 0 Å². The summed E-state index contributed by atoms with van der Waals surface area (Å²) >= 11 is 0. The minimum absolute atomic E-state index is 0.0699. The molecule has 0 bridgehead atoms. The molecule has 0 fully saturated rings. The number of esters is 1. The Morgan fingerprint density at radius 1 is 1.56 bits per heavy atom. The van der Waals surface area contributed by atoms with E-state index in [1.54, 1.807) is 6.92 Å². The van der Waals surface area contributed by atoms with Gasteiger partial charge in [-0.25, -0.2) is 8.78 Å². The van der Waals surface area contributed by atoms with Gasteiger partial charge >= 0.3 is 5.97 Å². The molecule has 0 aromatic carbocycles. The number of carbonyl (C=O) groups is 1. The van der Waals surface area contributed by atoms with E-state index in [1.165, 1.54) is 0 Å². The van der Waals surface area contributed by atoms with Crippen molar-refractivity contribution in [3.63, 3.8) is 0 Å². The maximum Gasteiger partial charge on any atom is 0.310 e. The Morgan fingerprint density at radius 2 is 2.22 bits per heavy atom. The van der Waals surface area contributed by atoms with Gasteiger partial charge in [0.2, 0.25) is 0 Å². The Kier molecular flexibility index (Phi) is 4.96. The molecule has 1 aromatic heterocycles. The molecule has 7 heteroatoms. The number of hydrogen-bond donors (Lipinski definition) is 2. The molecule has 0 atom stereocenters. The number of nitrogens with two attached hydrogens (primary N) is 2. The molecule has 0 saturated heterocycles. The number of aromatic nitrogens is 1. The third-order valence-corrected chi connectivity index (χ3v) is 2.31. The van der Waals surface area contributed by atoms with Crippen molar-refractivity contribution in [2.24, 2.45) is 5.73 Å². The van der Waals surface area contributed by atoms with Gasteiger partial charge in [-0.1, -0.05) is 0 Å². The van der Waals surface area contributed by atoms with Crippen LogP contribution in [0.15, 0.2) is 6.07 Å². The van der Waals surface area contributed by atoms with Crippen LogP contribution in [0.3, 0.4) is 0 Å². The summed E-state index contributed by atoms with van der Waals surface area (Å²) < 4.78 is 29.8. The van der Waals surface area contributed by atoms with Crippen LogP contribution >= 0.6 is 0 Å². The zero-order valence-corrected chi connectivity index (χ0v) is 9.95. The molecular formula is C11H15F2N3O2. The number of anilines is 1. The fraction of sp³-hybridized carbons (Fsp3) is 0.455. The van der Waals surface area contributed by atoms with E-state index in [9.17, 15) is 13.6 Å². The zero-order valence-electron chi connectivity index (χ0n) is 9.95. The first-order valence-corrected chi connectivity index (χ1v) is 5.41. The van der Waals surface area contributed by atoms with Crippen molar-refractivity contribution in [3.05, 3.63) is 23.0 Å². The Bertz CT molecular complexity index is 439. The molecule has 1 heterocycles. The molecule has 5 nitrogen and oxygen atoms in total. The van der Waals surface area contributed by atoms with Gasteiger partial charge in [0.25, 0.3) is 6.43 Å². The number of hydrogen-bond acceptors (Lipinski definition) is 5. The van der Waals surface area contributed by atoms with Gasteiger partial charge in [-0.15, -0.1) is 0 Å². The summed E-state index contributed by atoms with van der Waals surface area (Å²) in [6.45, 7) is 1.84.